The summed E-state index contributed by atoms with van der Waals surface area (Å²) in [7, 11) is 0. The Morgan fingerprint density at radius 2 is 1.95 bits per heavy atom. The molecule has 0 aliphatic carbocycles. The van der Waals surface area contributed by atoms with E-state index in [9.17, 15) is 4.39 Å². The molecule has 0 aliphatic rings. The molecule has 0 saturated carbocycles. The Kier molecular flexibility index (Phi) is 4.15. The van der Waals surface area contributed by atoms with Gasteiger partial charge in [0.25, 0.3) is 0 Å². The minimum absolute atomic E-state index is 0.349. The van der Waals surface area contributed by atoms with Crippen LogP contribution in [-0.2, 0) is 6.61 Å². The van der Waals surface area contributed by atoms with Gasteiger partial charge in [-0.1, -0.05) is 30.3 Å². The molecule has 19 heavy (non-hydrogen) atoms. The molecule has 2 aromatic rings. The van der Waals surface area contributed by atoms with Gasteiger partial charge in [-0.2, -0.15) is 0 Å². The first-order valence-corrected chi connectivity index (χ1v) is 6.03. The van der Waals surface area contributed by atoms with Crippen LogP contribution in [0.3, 0.4) is 0 Å². The average Bonchev–Trinajstić information content (AvgIpc) is 2.46. The van der Waals surface area contributed by atoms with E-state index >= 15 is 0 Å². The Morgan fingerprint density at radius 3 is 2.63 bits per heavy atom. The standard InChI is InChI=1S/C16H14FNO/c1-12(18-2)15-10-14(17)8-9-16(15)19-11-13-6-4-3-5-7-13/h3-10,12H,11H2,1H3. The molecule has 0 aromatic heterocycles. The van der Waals surface area contributed by atoms with Crippen LogP contribution in [0.1, 0.15) is 24.1 Å². The fraction of sp³-hybridized carbons (Fsp3) is 0.188. The van der Waals surface area contributed by atoms with Crippen molar-refractivity contribution >= 4 is 0 Å². The molecule has 0 aliphatic heterocycles. The molecule has 2 aromatic carbocycles. The van der Waals surface area contributed by atoms with E-state index in [1.54, 1.807) is 13.0 Å². The molecule has 0 saturated heterocycles. The van der Waals surface area contributed by atoms with Crippen LogP contribution in [0.5, 0.6) is 5.75 Å². The van der Waals surface area contributed by atoms with E-state index in [0.717, 1.165) is 5.56 Å². The van der Waals surface area contributed by atoms with Crippen LogP contribution < -0.4 is 4.74 Å². The maximum atomic E-state index is 13.2. The highest BCUT2D eigenvalue weighted by molar-refractivity contribution is 5.37. The summed E-state index contributed by atoms with van der Waals surface area (Å²) in [5.74, 6) is 0.214. The van der Waals surface area contributed by atoms with E-state index in [0.29, 0.717) is 17.9 Å². The van der Waals surface area contributed by atoms with Crippen molar-refractivity contribution in [2.75, 3.05) is 0 Å². The second kappa shape index (κ2) is 6.01. The summed E-state index contributed by atoms with van der Waals surface area (Å²) in [5, 5.41) is 0. The highest BCUT2D eigenvalue weighted by atomic mass is 19.1. The average molecular weight is 255 g/mol. The number of halogens is 1. The van der Waals surface area contributed by atoms with Gasteiger partial charge >= 0.3 is 0 Å². The first kappa shape index (κ1) is 13.1. The molecule has 0 heterocycles. The Morgan fingerprint density at radius 1 is 1.21 bits per heavy atom. The van der Waals surface area contributed by atoms with Gasteiger partial charge in [0.2, 0.25) is 6.04 Å². The van der Waals surface area contributed by atoms with E-state index in [2.05, 4.69) is 4.85 Å². The lowest BCUT2D eigenvalue weighted by atomic mass is 10.1. The first-order chi connectivity index (χ1) is 9.20. The van der Waals surface area contributed by atoms with Crippen LogP contribution in [0.15, 0.2) is 48.5 Å². The van der Waals surface area contributed by atoms with Crippen LogP contribution in [0.4, 0.5) is 4.39 Å². The molecule has 0 spiro atoms. The Bertz CT molecular complexity index is 589. The normalized spacial score (nSPS) is 11.6. The van der Waals surface area contributed by atoms with Crippen LogP contribution >= 0.6 is 0 Å². The molecule has 0 N–H and O–H groups in total. The quantitative estimate of drug-likeness (QED) is 0.739. The fourth-order valence-electron chi connectivity index (χ4n) is 1.78. The zero-order chi connectivity index (χ0) is 13.7. The van der Waals surface area contributed by atoms with Gasteiger partial charge in [-0.15, -0.1) is 0 Å². The third-order valence-corrected chi connectivity index (χ3v) is 2.85. The number of nitrogens with zero attached hydrogens (tertiary/aromatic N) is 1. The van der Waals surface area contributed by atoms with Crippen molar-refractivity contribution in [1.82, 2.24) is 0 Å². The maximum absolute atomic E-state index is 13.2. The summed E-state index contributed by atoms with van der Waals surface area (Å²) >= 11 is 0. The number of ether oxygens (including phenoxy) is 1. The van der Waals surface area contributed by atoms with E-state index in [-0.39, 0.29) is 5.82 Å². The zero-order valence-corrected chi connectivity index (χ0v) is 10.6. The van der Waals surface area contributed by atoms with Gasteiger partial charge in [0.1, 0.15) is 18.2 Å². The molecule has 3 heteroatoms. The summed E-state index contributed by atoms with van der Waals surface area (Å²) in [4.78, 5) is 3.42. The summed E-state index contributed by atoms with van der Waals surface area (Å²) < 4.78 is 18.9. The smallest absolute Gasteiger partial charge is 0.249 e. The summed E-state index contributed by atoms with van der Waals surface area (Å²) in [6.45, 7) is 9.20. The zero-order valence-electron chi connectivity index (χ0n) is 10.6. The van der Waals surface area contributed by atoms with E-state index < -0.39 is 6.04 Å². The van der Waals surface area contributed by atoms with Crippen molar-refractivity contribution < 1.29 is 9.13 Å². The van der Waals surface area contributed by atoms with Crippen LogP contribution in [-0.4, -0.2) is 0 Å². The van der Waals surface area contributed by atoms with Crippen LogP contribution in [0.25, 0.3) is 4.85 Å². The number of benzene rings is 2. The van der Waals surface area contributed by atoms with Gasteiger partial charge in [0.15, 0.2) is 0 Å². The van der Waals surface area contributed by atoms with Gasteiger partial charge in [0, 0.05) is 6.92 Å². The van der Waals surface area contributed by atoms with Gasteiger partial charge < -0.3 is 9.58 Å². The van der Waals surface area contributed by atoms with Gasteiger partial charge in [0.05, 0.1) is 5.56 Å². The lowest BCUT2D eigenvalue weighted by molar-refractivity contribution is 0.301. The van der Waals surface area contributed by atoms with Crippen LogP contribution in [0, 0.1) is 12.4 Å². The molecule has 1 unspecified atom stereocenters. The summed E-state index contributed by atoms with van der Waals surface area (Å²) in [5.41, 5.74) is 1.62. The number of hydrogen-bond donors (Lipinski definition) is 0. The van der Waals surface area contributed by atoms with Crippen molar-refractivity contribution in [3.8, 4) is 5.75 Å². The third-order valence-electron chi connectivity index (χ3n) is 2.85. The highest BCUT2D eigenvalue weighted by Gasteiger charge is 2.16. The Labute approximate surface area is 112 Å². The predicted octanol–water partition coefficient (Wildman–Crippen LogP) is 4.38. The molecule has 2 nitrogen and oxygen atoms in total. The Hall–Kier alpha value is -2.34. The fourth-order valence-corrected chi connectivity index (χ4v) is 1.78. The van der Waals surface area contributed by atoms with Crippen molar-refractivity contribution in [3.05, 3.63) is 76.9 Å². The molecule has 0 bridgehead atoms. The van der Waals surface area contributed by atoms with Crippen molar-refractivity contribution in [2.24, 2.45) is 0 Å². The SMILES string of the molecule is [C-]#[N+]C(C)c1cc(F)ccc1OCc1ccccc1. The van der Waals surface area contributed by atoms with Gasteiger partial charge in [-0.05, 0) is 23.8 Å². The summed E-state index contributed by atoms with van der Waals surface area (Å²) in [6.07, 6.45) is 0. The van der Waals surface area contributed by atoms with Gasteiger partial charge in [-0.3, -0.25) is 0 Å². The minimum Gasteiger partial charge on any atom is -0.488 e. The van der Waals surface area contributed by atoms with Crippen molar-refractivity contribution in [1.29, 1.82) is 0 Å². The van der Waals surface area contributed by atoms with E-state index in [1.165, 1.54) is 12.1 Å². The van der Waals surface area contributed by atoms with E-state index in [4.69, 9.17) is 11.3 Å². The molecule has 0 radical (unpaired) electrons. The molecular formula is C16H14FNO. The molecule has 1 atom stereocenters. The molecular weight excluding hydrogens is 241 g/mol. The van der Waals surface area contributed by atoms with E-state index in [1.807, 2.05) is 30.3 Å². The lowest BCUT2D eigenvalue weighted by Gasteiger charge is -2.11. The van der Waals surface area contributed by atoms with Crippen LogP contribution in [0.2, 0.25) is 0 Å². The van der Waals surface area contributed by atoms with Crippen molar-refractivity contribution in [2.45, 2.75) is 19.6 Å². The molecule has 2 rings (SSSR count). The van der Waals surface area contributed by atoms with Crippen molar-refractivity contribution in [3.63, 3.8) is 0 Å². The second-order valence-electron chi connectivity index (χ2n) is 4.26. The molecule has 0 amide bonds. The van der Waals surface area contributed by atoms with Gasteiger partial charge in [-0.25, -0.2) is 11.0 Å². The summed E-state index contributed by atoms with van der Waals surface area (Å²) in [6, 6.07) is 13.6. The third kappa shape index (κ3) is 3.32. The minimum atomic E-state index is -0.415. The topological polar surface area (TPSA) is 13.6 Å². The second-order valence-corrected chi connectivity index (χ2v) is 4.26. The largest absolute Gasteiger partial charge is 0.488 e. The molecule has 0 fully saturated rings. The predicted molar refractivity (Wildman–Crippen MR) is 72.2 cm³/mol. The Balaban J connectivity index is 2.18. The first-order valence-electron chi connectivity index (χ1n) is 6.03. The lowest BCUT2D eigenvalue weighted by Crippen LogP contribution is -2.00. The molecule has 96 valence electrons. The number of hydrogen-bond acceptors (Lipinski definition) is 1. The monoisotopic (exact) mass is 255 g/mol. The maximum Gasteiger partial charge on any atom is 0.249 e. The highest BCUT2D eigenvalue weighted by Crippen LogP contribution is 2.29. The number of rotatable bonds is 4.